The topological polar surface area (TPSA) is 55.8 Å². The van der Waals surface area contributed by atoms with E-state index < -0.39 is 17.9 Å². The Kier molecular flexibility index (Phi) is 9.07. The molecule has 190 valence electrons. The maximum Gasteiger partial charge on any atom is 0.328 e. The molecule has 0 N–H and O–H groups in total. The van der Waals surface area contributed by atoms with Crippen LogP contribution in [0.25, 0.3) is 0 Å². The molecule has 0 unspecified atom stereocenters. The number of hydrogen-bond acceptors (Lipinski definition) is 4. The summed E-state index contributed by atoms with van der Waals surface area (Å²) < 4.78 is 24.1. The Balaban J connectivity index is 1.43. The average Bonchev–Trinajstić information content (AvgIpc) is 2.94. The fraction of sp³-hybridized carbons (Fsp3) is 0.290. The third-order valence-electron chi connectivity index (χ3n) is 6.48. The first-order valence-electron chi connectivity index (χ1n) is 12.4. The quantitative estimate of drug-likeness (QED) is 0.262. The molecule has 0 aromatic heterocycles. The van der Waals surface area contributed by atoms with Gasteiger partial charge in [-0.3, -0.25) is 4.79 Å². The Bertz CT molecular complexity index is 1200. The average molecular weight is 500 g/mol. The smallest absolute Gasteiger partial charge is 0.328 e. The number of nitrogens with zero attached hydrogens (tertiary/aromatic N) is 1. The van der Waals surface area contributed by atoms with Gasteiger partial charge in [-0.05, 0) is 41.8 Å². The van der Waals surface area contributed by atoms with E-state index in [9.17, 15) is 14.0 Å². The highest BCUT2D eigenvalue weighted by atomic mass is 19.1. The van der Waals surface area contributed by atoms with Crippen molar-refractivity contribution in [2.75, 3.05) is 20.3 Å². The van der Waals surface area contributed by atoms with E-state index in [1.807, 2.05) is 60.7 Å². The molecule has 0 bridgehead atoms. The first-order chi connectivity index (χ1) is 18.1. The number of esters is 1. The molecule has 6 heteroatoms. The normalized spacial score (nSPS) is 17.1. The number of hydrogen-bond donors (Lipinski definition) is 0. The maximum absolute atomic E-state index is 13.9. The number of piperidine rings is 1. The lowest BCUT2D eigenvalue weighted by molar-refractivity contribution is -0.158. The van der Waals surface area contributed by atoms with Gasteiger partial charge in [-0.15, -0.1) is 0 Å². The molecular formula is C31H30FNO4. The van der Waals surface area contributed by atoms with E-state index in [1.165, 1.54) is 19.2 Å². The van der Waals surface area contributed by atoms with Crippen LogP contribution < -0.4 is 0 Å². The van der Waals surface area contributed by atoms with Gasteiger partial charge in [-0.1, -0.05) is 72.5 Å². The van der Waals surface area contributed by atoms with E-state index in [2.05, 4.69) is 11.8 Å². The van der Waals surface area contributed by atoms with Crippen LogP contribution in [0.1, 0.15) is 41.9 Å². The SMILES string of the molecule is COC(=O)[C@@H]1C[C@H](OCCC#Cc2ccc(F)cc2)CCN1C(=O)C(c1ccccc1)c1ccccc1. The van der Waals surface area contributed by atoms with Crippen molar-refractivity contribution in [1.82, 2.24) is 4.90 Å². The standard InChI is InChI=1S/C31H30FNO4/c1-36-31(35)28-22-27(37-21-9-8-10-23-15-17-26(32)18-16-23)19-20-33(28)30(34)29(24-11-4-2-5-12-24)25-13-6-3-7-14-25/h2-7,11-18,27-29H,9,19-22H2,1H3/t27-,28+/m1/s1. The molecule has 1 saturated heterocycles. The summed E-state index contributed by atoms with van der Waals surface area (Å²) in [6.07, 6.45) is 1.29. The summed E-state index contributed by atoms with van der Waals surface area (Å²) in [5.74, 6) is 4.63. The van der Waals surface area contributed by atoms with E-state index in [4.69, 9.17) is 9.47 Å². The zero-order chi connectivity index (χ0) is 26.0. The van der Waals surface area contributed by atoms with Gasteiger partial charge in [-0.25, -0.2) is 9.18 Å². The van der Waals surface area contributed by atoms with Crippen molar-refractivity contribution in [2.45, 2.75) is 37.3 Å². The number of methoxy groups -OCH3 is 1. The summed E-state index contributed by atoms with van der Waals surface area (Å²) >= 11 is 0. The van der Waals surface area contributed by atoms with Gasteiger partial charge >= 0.3 is 5.97 Å². The van der Waals surface area contributed by atoms with Crippen molar-refractivity contribution in [3.05, 3.63) is 107 Å². The molecule has 5 nitrogen and oxygen atoms in total. The Morgan fingerprint density at radius 1 is 0.973 bits per heavy atom. The van der Waals surface area contributed by atoms with Gasteiger partial charge in [-0.2, -0.15) is 0 Å². The summed E-state index contributed by atoms with van der Waals surface area (Å²) in [5.41, 5.74) is 2.49. The molecule has 37 heavy (non-hydrogen) atoms. The second-order valence-corrected chi connectivity index (χ2v) is 8.90. The van der Waals surface area contributed by atoms with Gasteiger partial charge in [0.2, 0.25) is 5.91 Å². The molecule has 1 fully saturated rings. The van der Waals surface area contributed by atoms with Crippen LogP contribution in [0, 0.1) is 17.7 Å². The van der Waals surface area contributed by atoms with Crippen molar-refractivity contribution in [3.63, 3.8) is 0 Å². The Morgan fingerprint density at radius 3 is 2.19 bits per heavy atom. The predicted molar refractivity (Wildman–Crippen MR) is 139 cm³/mol. The fourth-order valence-electron chi connectivity index (χ4n) is 4.62. The van der Waals surface area contributed by atoms with Crippen molar-refractivity contribution in [2.24, 2.45) is 0 Å². The molecule has 0 aliphatic carbocycles. The second kappa shape index (κ2) is 12.8. The van der Waals surface area contributed by atoms with E-state index in [0.29, 0.717) is 32.4 Å². The van der Waals surface area contributed by atoms with Gasteiger partial charge in [0.15, 0.2) is 0 Å². The van der Waals surface area contributed by atoms with E-state index >= 15 is 0 Å². The Labute approximate surface area is 217 Å². The highest BCUT2D eigenvalue weighted by Gasteiger charge is 2.40. The van der Waals surface area contributed by atoms with Crippen LogP contribution in [0.2, 0.25) is 0 Å². The van der Waals surface area contributed by atoms with Gasteiger partial charge in [0, 0.05) is 24.9 Å². The van der Waals surface area contributed by atoms with Crippen molar-refractivity contribution < 1.29 is 23.5 Å². The number of halogens is 1. The summed E-state index contributed by atoms with van der Waals surface area (Å²) in [5, 5.41) is 0. The zero-order valence-electron chi connectivity index (χ0n) is 20.8. The van der Waals surface area contributed by atoms with Gasteiger partial charge < -0.3 is 14.4 Å². The molecule has 4 rings (SSSR count). The molecule has 0 spiro atoms. The van der Waals surface area contributed by atoms with Crippen LogP contribution in [-0.2, 0) is 19.1 Å². The van der Waals surface area contributed by atoms with Crippen molar-refractivity contribution in [1.29, 1.82) is 0 Å². The van der Waals surface area contributed by atoms with Gasteiger partial charge in [0.05, 0.1) is 25.7 Å². The number of carbonyl (C=O) groups excluding carboxylic acids is 2. The molecule has 1 aliphatic rings. The van der Waals surface area contributed by atoms with Crippen LogP contribution in [0.3, 0.4) is 0 Å². The Hall–Kier alpha value is -3.95. The van der Waals surface area contributed by atoms with E-state index in [1.54, 1.807) is 17.0 Å². The van der Waals surface area contributed by atoms with Gasteiger partial charge in [0.25, 0.3) is 0 Å². The highest BCUT2D eigenvalue weighted by Crippen LogP contribution is 2.31. The monoisotopic (exact) mass is 499 g/mol. The predicted octanol–water partition coefficient (Wildman–Crippen LogP) is 4.95. The van der Waals surface area contributed by atoms with Gasteiger partial charge in [0.1, 0.15) is 11.9 Å². The minimum atomic E-state index is -0.725. The van der Waals surface area contributed by atoms with Crippen LogP contribution in [0.4, 0.5) is 4.39 Å². The van der Waals surface area contributed by atoms with Crippen LogP contribution >= 0.6 is 0 Å². The molecule has 1 heterocycles. The van der Waals surface area contributed by atoms with E-state index in [-0.39, 0.29) is 17.8 Å². The van der Waals surface area contributed by atoms with Crippen LogP contribution in [-0.4, -0.2) is 49.2 Å². The maximum atomic E-state index is 13.9. The molecule has 1 aliphatic heterocycles. The van der Waals surface area contributed by atoms with Crippen LogP contribution in [0.5, 0.6) is 0 Å². The second-order valence-electron chi connectivity index (χ2n) is 8.90. The lowest BCUT2D eigenvalue weighted by Crippen LogP contribution is -2.53. The third kappa shape index (κ3) is 6.84. The number of ether oxygens (including phenoxy) is 2. The fourth-order valence-corrected chi connectivity index (χ4v) is 4.62. The molecule has 2 atom stereocenters. The van der Waals surface area contributed by atoms with Crippen LogP contribution in [0.15, 0.2) is 84.9 Å². The third-order valence-corrected chi connectivity index (χ3v) is 6.48. The summed E-state index contributed by atoms with van der Waals surface area (Å²) in [6.45, 7) is 0.790. The van der Waals surface area contributed by atoms with E-state index in [0.717, 1.165) is 16.7 Å². The summed E-state index contributed by atoms with van der Waals surface area (Å²) in [7, 11) is 1.34. The molecule has 3 aromatic carbocycles. The van der Waals surface area contributed by atoms with Crippen molar-refractivity contribution >= 4 is 11.9 Å². The Morgan fingerprint density at radius 2 is 1.59 bits per heavy atom. The first kappa shape index (κ1) is 26.1. The highest BCUT2D eigenvalue weighted by molar-refractivity contribution is 5.91. The molecule has 3 aromatic rings. The summed E-state index contributed by atoms with van der Waals surface area (Å²) in [4.78, 5) is 28.3. The zero-order valence-corrected chi connectivity index (χ0v) is 20.8. The number of rotatable bonds is 7. The number of likely N-dealkylation sites (tertiary alicyclic amines) is 1. The largest absolute Gasteiger partial charge is 0.467 e. The number of carbonyl (C=O) groups is 2. The molecule has 0 radical (unpaired) electrons. The minimum Gasteiger partial charge on any atom is -0.467 e. The lowest BCUT2D eigenvalue weighted by Gasteiger charge is -2.39. The number of benzene rings is 3. The minimum absolute atomic E-state index is 0.128. The lowest BCUT2D eigenvalue weighted by atomic mass is 9.88. The molecule has 1 amide bonds. The molecular weight excluding hydrogens is 469 g/mol. The first-order valence-corrected chi connectivity index (χ1v) is 12.4. The summed E-state index contributed by atoms with van der Waals surface area (Å²) in [6, 6.07) is 24.5. The van der Waals surface area contributed by atoms with Crippen molar-refractivity contribution in [3.8, 4) is 11.8 Å². The number of amides is 1. The molecule has 0 saturated carbocycles.